The molecule has 1 aromatic carbocycles. The second-order valence-electron chi connectivity index (χ2n) is 4.93. The summed E-state index contributed by atoms with van der Waals surface area (Å²) in [5.41, 5.74) is 0. The minimum Gasteiger partial charge on any atom is -0.497 e. The summed E-state index contributed by atoms with van der Waals surface area (Å²) < 4.78 is 5.12. The molecule has 0 unspecified atom stereocenters. The van der Waals surface area contributed by atoms with E-state index in [1.54, 1.807) is 18.9 Å². The van der Waals surface area contributed by atoms with Crippen LogP contribution < -0.4 is 10.1 Å². The minimum atomic E-state index is -0.0611. The fourth-order valence-electron chi connectivity index (χ4n) is 2.30. The summed E-state index contributed by atoms with van der Waals surface area (Å²) in [5.74, 6) is 0.986. The molecule has 1 aliphatic carbocycles. The summed E-state index contributed by atoms with van der Waals surface area (Å²) in [4.78, 5) is 13.2. The highest BCUT2D eigenvalue weighted by molar-refractivity contribution is 8.00. The second kappa shape index (κ2) is 6.85. The first-order valence-corrected chi connectivity index (χ1v) is 7.68. The van der Waals surface area contributed by atoms with E-state index in [4.69, 9.17) is 4.74 Å². The first kappa shape index (κ1) is 14.3. The number of rotatable bonds is 5. The largest absolute Gasteiger partial charge is 0.497 e. The molecule has 1 amide bonds. The van der Waals surface area contributed by atoms with Gasteiger partial charge in [0.1, 0.15) is 5.75 Å². The molecular weight excluding hydrogens is 258 g/mol. The highest BCUT2D eigenvalue weighted by atomic mass is 32.2. The van der Waals surface area contributed by atoms with Crippen molar-refractivity contribution >= 4 is 17.7 Å². The first-order valence-electron chi connectivity index (χ1n) is 6.80. The number of hydrogen-bond donors (Lipinski definition) is 1. The van der Waals surface area contributed by atoms with Gasteiger partial charge in [-0.15, -0.1) is 11.8 Å². The number of benzene rings is 1. The van der Waals surface area contributed by atoms with Gasteiger partial charge < -0.3 is 10.1 Å². The van der Waals surface area contributed by atoms with E-state index in [2.05, 4.69) is 5.32 Å². The van der Waals surface area contributed by atoms with Crippen LogP contribution in [0.15, 0.2) is 29.2 Å². The van der Waals surface area contributed by atoms with E-state index in [9.17, 15) is 4.79 Å². The molecule has 19 heavy (non-hydrogen) atoms. The van der Waals surface area contributed by atoms with Crippen molar-refractivity contribution in [2.75, 3.05) is 7.11 Å². The Morgan fingerprint density at radius 3 is 2.53 bits per heavy atom. The summed E-state index contributed by atoms with van der Waals surface area (Å²) in [6.45, 7) is 1.96. The Hall–Kier alpha value is -1.16. The van der Waals surface area contributed by atoms with Crippen molar-refractivity contribution in [2.45, 2.75) is 48.8 Å². The SMILES string of the molecule is COc1ccc(S[C@H](C)C(=O)NC2CCCC2)cc1. The topological polar surface area (TPSA) is 38.3 Å². The van der Waals surface area contributed by atoms with Crippen LogP contribution >= 0.6 is 11.8 Å². The normalized spacial score (nSPS) is 17.2. The average molecular weight is 279 g/mol. The van der Waals surface area contributed by atoms with Crippen molar-refractivity contribution < 1.29 is 9.53 Å². The maximum atomic E-state index is 12.1. The lowest BCUT2D eigenvalue weighted by molar-refractivity contribution is -0.120. The number of carbonyl (C=O) groups excluding carboxylic acids is 1. The van der Waals surface area contributed by atoms with Gasteiger partial charge in [-0.3, -0.25) is 4.79 Å². The maximum absolute atomic E-state index is 12.1. The molecule has 104 valence electrons. The summed E-state index contributed by atoms with van der Waals surface area (Å²) >= 11 is 1.59. The molecule has 1 aromatic rings. The fraction of sp³-hybridized carbons (Fsp3) is 0.533. The number of nitrogens with one attached hydrogen (secondary N) is 1. The predicted molar refractivity (Wildman–Crippen MR) is 78.7 cm³/mol. The van der Waals surface area contributed by atoms with Crippen molar-refractivity contribution in [3.05, 3.63) is 24.3 Å². The van der Waals surface area contributed by atoms with E-state index in [-0.39, 0.29) is 11.2 Å². The molecular formula is C15H21NO2S. The van der Waals surface area contributed by atoms with E-state index in [1.165, 1.54) is 12.8 Å². The highest BCUT2D eigenvalue weighted by Gasteiger charge is 2.21. The highest BCUT2D eigenvalue weighted by Crippen LogP contribution is 2.26. The zero-order chi connectivity index (χ0) is 13.7. The molecule has 4 heteroatoms. The van der Waals surface area contributed by atoms with Crippen LogP contribution in [0.3, 0.4) is 0 Å². The molecule has 3 nitrogen and oxygen atoms in total. The van der Waals surface area contributed by atoms with Crippen LogP contribution in [-0.2, 0) is 4.79 Å². The maximum Gasteiger partial charge on any atom is 0.233 e. The Morgan fingerprint density at radius 2 is 1.95 bits per heavy atom. The lowest BCUT2D eigenvalue weighted by Crippen LogP contribution is -2.37. The van der Waals surface area contributed by atoms with Gasteiger partial charge in [0.05, 0.1) is 12.4 Å². The molecule has 0 bridgehead atoms. The number of ether oxygens (including phenoxy) is 1. The van der Waals surface area contributed by atoms with E-state index in [1.807, 2.05) is 31.2 Å². The molecule has 0 radical (unpaired) electrons. The van der Waals surface area contributed by atoms with Gasteiger partial charge in [0.15, 0.2) is 0 Å². The summed E-state index contributed by atoms with van der Waals surface area (Å²) in [6, 6.07) is 8.21. The van der Waals surface area contributed by atoms with Gasteiger partial charge in [0.2, 0.25) is 5.91 Å². The van der Waals surface area contributed by atoms with Crippen LogP contribution in [-0.4, -0.2) is 24.3 Å². The Morgan fingerprint density at radius 1 is 1.32 bits per heavy atom. The third kappa shape index (κ3) is 4.16. The van der Waals surface area contributed by atoms with Crippen molar-refractivity contribution in [1.29, 1.82) is 0 Å². The number of methoxy groups -OCH3 is 1. The van der Waals surface area contributed by atoms with E-state index < -0.39 is 0 Å². The standard InChI is InChI=1S/C15H21NO2S/c1-11(15(17)16-12-5-3-4-6-12)19-14-9-7-13(18-2)8-10-14/h7-12H,3-6H2,1-2H3,(H,16,17)/t11-/m1/s1. The van der Waals surface area contributed by atoms with Crippen LogP contribution in [0.1, 0.15) is 32.6 Å². The Balaban J connectivity index is 1.84. The molecule has 0 heterocycles. The van der Waals surface area contributed by atoms with Crippen LogP contribution in [0, 0.1) is 0 Å². The van der Waals surface area contributed by atoms with Crippen LogP contribution in [0.4, 0.5) is 0 Å². The lowest BCUT2D eigenvalue weighted by Gasteiger charge is -2.16. The molecule has 1 fully saturated rings. The van der Waals surface area contributed by atoms with Crippen molar-refractivity contribution in [1.82, 2.24) is 5.32 Å². The van der Waals surface area contributed by atoms with Gasteiger partial charge in [0.25, 0.3) is 0 Å². The number of hydrogen-bond acceptors (Lipinski definition) is 3. The molecule has 1 atom stereocenters. The van der Waals surface area contributed by atoms with Crippen molar-refractivity contribution in [2.24, 2.45) is 0 Å². The number of carbonyl (C=O) groups is 1. The molecule has 0 aromatic heterocycles. The second-order valence-corrected chi connectivity index (χ2v) is 6.34. The van der Waals surface area contributed by atoms with Crippen LogP contribution in [0.25, 0.3) is 0 Å². The molecule has 1 N–H and O–H groups in total. The van der Waals surface area contributed by atoms with E-state index in [0.29, 0.717) is 6.04 Å². The van der Waals surface area contributed by atoms with Crippen LogP contribution in [0.2, 0.25) is 0 Å². The van der Waals surface area contributed by atoms with Gasteiger partial charge in [-0.2, -0.15) is 0 Å². The third-order valence-corrected chi connectivity index (χ3v) is 4.56. The fourth-order valence-corrected chi connectivity index (χ4v) is 3.18. The summed E-state index contributed by atoms with van der Waals surface area (Å²) in [5, 5.41) is 3.08. The molecule has 0 spiro atoms. The predicted octanol–water partition coefficient (Wildman–Crippen LogP) is 3.23. The van der Waals surface area contributed by atoms with Gasteiger partial charge in [0, 0.05) is 10.9 Å². The average Bonchev–Trinajstić information content (AvgIpc) is 2.92. The molecule has 1 saturated carbocycles. The van der Waals surface area contributed by atoms with Gasteiger partial charge in [-0.05, 0) is 44.0 Å². The third-order valence-electron chi connectivity index (χ3n) is 3.44. The Bertz CT molecular complexity index is 413. The van der Waals surface area contributed by atoms with Crippen molar-refractivity contribution in [3.63, 3.8) is 0 Å². The quantitative estimate of drug-likeness (QED) is 0.841. The molecule has 2 rings (SSSR count). The molecule has 0 aliphatic heterocycles. The Kier molecular flexibility index (Phi) is 5.14. The zero-order valence-corrected chi connectivity index (χ0v) is 12.3. The Labute approximate surface area is 119 Å². The van der Waals surface area contributed by atoms with E-state index in [0.717, 1.165) is 23.5 Å². The van der Waals surface area contributed by atoms with Gasteiger partial charge in [-0.1, -0.05) is 12.8 Å². The van der Waals surface area contributed by atoms with Crippen LogP contribution in [0.5, 0.6) is 5.75 Å². The van der Waals surface area contributed by atoms with Gasteiger partial charge in [-0.25, -0.2) is 0 Å². The lowest BCUT2D eigenvalue weighted by atomic mass is 10.2. The zero-order valence-electron chi connectivity index (χ0n) is 11.5. The molecule has 1 aliphatic rings. The van der Waals surface area contributed by atoms with E-state index >= 15 is 0 Å². The summed E-state index contributed by atoms with van der Waals surface area (Å²) in [7, 11) is 1.65. The first-order chi connectivity index (χ1) is 9.19. The van der Waals surface area contributed by atoms with Crippen molar-refractivity contribution in [3.8, 4) is 5.75 Å². The number of amides is 1. The summed E-state index contributed by atoms with van der Waals surface area (Å²) in [6.07, 6.45) is 4.74. The van der Waals surface area contributed by atoms with Gasteiger partial charge >= 0.3 is 0 Å². The number of thioether (sulfide) groups is 1. The molecule has 0 saturated heterocycles. The smallest absolute Gasteiger partial charge is 0.233 e. The minimum absolute atomic E-state index is 0.0611. The monoisotopic (exact) mass is 279 g/mol.